The molecular formula is C24H33N5O5S. The molecule has 4 rings (SSSR count). The summed E-state index contributed by atoms with van der Waals surface area (Å²) in [7, 11) is -3.97. The maximum Gasteiger partial charge on any atom is 0.318 e. The molecule has 1 aromatic carbocycles. The van der Waals surface area contributed by atoms with Crippen molar-refractivity contribution in [2.75, 3.05) is 18.4 Å². The number of aliphatic imine (C=N–C) groups is 1. The second-order valence-electron chi connectivity index (χ2n) is 9.50. The van der Waals surface area contributed by atoms with E-state index in [0.717, 1.165) is 12.5 Å². The average Bonchev–Trinajstić information content (AvgIpc) is 3.67. The maximum atomic E-state index is 13.0. The summed E-state index contributed by atoms with van der Waals surface area (Å²) in [6.45, 7) is 1.99. The lowest BCUT2D eigenvalue weighted by atomic mass is 9.93. The highest BCUT2D eigenvalue weighted by Crippen LogP contribution is 2.34. The Kier molecular flexibility index (Phi) is 7.88. The van der Waals surface area contributed by atoms with Crippen LogP contribution in [0.5, 0.6) is 0 Å². The third kappa shape index (κ3) is 6.68. The second kappa shape index (κ2) is 10.9. The number of hydrogen-bond donors (Lipinski definition) is 4. The van der Waals surface area contributed by atoms with Gasteiger partial charge in [0.25, 0.3) is 5.91 Å². The van der Waals surface area contributed by atoms with E-state index >= 15 is 0 Å². The molecule has 35 heavy (non-hydrogen) atoms. The van der Waals surface area contributed by atoms with Gasteiger partial charge >= 0.3 is 5.97 Å². The van der Waals surface area contributed by atoms with Gasteiger partial charge in [0.1, 0.15) is 18.4 Å². The SMILES string of the molecule is Cc1cc(S(=O)(=O)NCC(=O)O)ccc1NC(=O)C1=CC(N(CC2CC2)C2CCCCC2)NC=N1. The Bertz CT molecular complexity index is 1120. The van der Waals surface area contributed by atoms with Crippen LogP contribution in [0.4, 0.5) is 5.69 Å². The van der Waals surface area contributed by atoms with Gasteiger partial charge in [-0.3, -0.25) is 14.5 Å². The number of anilines is 1. The van der Waals surface area contributed by atoms with Crippen LogP contribution < -0.4 is 15.4 Å². The summed E-state index contributed by atoms with van der Waals surface area (Å²) in [6, 6.07) is 4.71. The number of carboxylic acid groups (broad SMARTS) is 1. The van der Waals surface area contributed by atoms with Gasteiger partial charge in [-0.1, -0.05) is 19.3 Å². The number of hydrogen-bond acceptors (Lipinski definition) is 7. The summed E-state index contributed by atoms with van der Waals surface area (Å²) in [6.07, 6.45) is 12.0. The first-order chi connectivity index (χ1) is 16.7. The Morgan fingerprint density at radius 3 is 2.57 bits per heavy atom. The summed E-state index contributed by atoms with van der Waals surface area (Å²) in [5.41, 5.74) is 1.30. The van der Waals surface area contributed by atoms with Gasteiger partial charge in [-0.25, -0.2) is 13.4 Å². The summed E-state index contributed by atoms with van der Waals surface area (Å²) >= 11 is 0. The zero-order valence-electron chi connectivity index (χ0n) is 19.9. The number of carbonyl (C=O) groups is 2. The van der Waals surface area contributed by atoms with Gasteiger partial charge in [0.05, 0.1) is 11.2 Å². The van der Waals surface area contributed by atoms with Crippen LogP contribution in [0.1, 0.15) is 50.5 Å². The molecular weight excluding hydrogens is 470 g/mol. The van der Waals surface area contributed by atoms with E-state index in [1.807, 2.05) is 10.8 Å². The lowest BCUT2D eigenvalue weighted by Crippen LogP contribution is -2.52. The number of sulfonamides is 1. The van der Waals surface area contributed by atoms with Gasteiger partial charge in [-0.15, -0.1) is 0 Å². The highest BCUT2D eigenvalue weighted by molar-refractivity contribution is 7.89. The van der Waals surface area contributed by atoms with Crippen molar-refractivity contribution < 1.29 is 23.1 Å². The third-order valence-corrected chi connectivity index (χ3v) is 8.13. The molecule has 1 amide bonds. The molecule has 1 aromatic rings. The van der Waals surface area contributed by atoms with E-state index in [-0.39, 0.29) is 17.0 Å². The molecule has 1 heterocycles. The molecule has 10 nitrogen and oxygen atoms in total. The van der Waals surface area contributed by atoms with E-state index in [4.69, 9.17) is 5.11 Å². The fraction of sp³-hybridized carbons (Fsp3) is 0.542. The molecule has 4 N–H and O–H groups in total. The number of carbonyl (C=O) groups excluding carboxylic acids is 1. The molecule has 0 aromatic heterocycles. The van der Waals surface area contributed by atoms with Crippen LogP contribution in [0.3, 0.4) is 0 Å². The number of benzene rings is 1. The van der Waals surface area contributed by atoms with Crippen LogP contribution in [-0.2, 0) is 19.6 Å². The lowest BCUT2D eigenvalue weighted by Gasteiger charge is -2.39. The molecule has 0 bridgehead atoms. The van der Waals surface area contributed by atoms with Crippen molar-refractivity contribution in [2.45, 2.75) is 69.0 Å². The number of nitrogens with zero attached hydrogens (tertiary/aromatic N) is 2. The highest BCUT2D eigenvalue weighted by Gasteiger charge is 2.33. The Morgan fingerprint density at radius 1 is 1.17 bits per heavy atom. The molecule has 2 fully saturated rings. The number of carboxylic acids is 1. The maximum absolute atomic E-state index is 13.0. The molecule has 1 unspecified atom stereocenters. The largest absolute Gasteiger partial charge is 0.480 e. The molecule has 0 spiro atoms. The topological polar surface area (TPSA) is 140 Å². The van der Waals surface area contributed by atoms with Crippen molar-refractivity contribution in [1.82, 2.24) is 14.9 Å². The van der Waals surface area contributed by atoms with Crippen LogP contribution in [-0.4, -0.2) is 61.9 Å². The fourth-order valence-corrected chi connectivity index (χ4v) is 5.68. The Morgan fingerprint density at radius 2 is 1.91 bits per heavy atom. The Balaban J connectivity index is 1.45. The van der Waals surface area contributed by atoms with Crippen LogP contribution in [0.25, 0.3) is 0 Å². The third-order valence-electron chi connectivity index (χ3n) is 6.73. The minimum Gasteiger partial charge on any atom is -0.480 e. The molecule has 0 radical (unpaired) electrons. The number of aryl methyl sites for hydroxylation is 1. The summed E-state index contributed by atoms with van der Waals surface area (Å²) < 4.78 is 26.6. The monoisotopic (exact) mass is 503 g/mol. The molecule has 11 heteroatoms. The van der Waals surface area contributed by atoms with E-state index in [1.54, 1.807) is 13.3 Å². The summed E-state index contributed by atoms with van der Waals surface area (Å²) in [5, 5.41) is 14.9. The van der Waals surface area contributed by atoms with Crippen molar-refractivity contribution in [2.24, 2.45) is 10.9 Å². The smallest absolute Gasteiger partial charge is 0.318 e. The predicted octanol–water partition coefficient (Wildman–Crippen LogP) is 2.18. The number of nitrogens with one attached hydrogen (secondary N) is 3. The molecule has 0 saturated heterocycles. The van der Waals surface area contributed by atoms with E-state index in [9.17, 15) is 18.0 Å². The van der Waals surface area contributed by atoms with Crippen LogP contribution in [0.2, 0.25) is 0 Å². The minimum atomic E-state index is -3.97. The van der Waals surface area contributed by atoms with Crippen LogP contribution >= 0.6 is 0 Å². The number of rotatable bonds is 10. The highest BCUT2D eigenvalue weighted by atomic mass is 32.2. The van der Waals surface area contributed by atoms with E-state index in [0.29, 0.717) is 23.0 Å². The molecule has 2 aliphatic carbocycles. The first-order valence-corrected chi connectivity index (χ1v) is 13.6. The Hall–Kier alpha value is -2.76. The summed E-state index contributed by atoms with van der Waals surface area (Å²) in [4.78, 5) is 30.4. The normalized spacial score (nSPS) is 20.9. The zero-order chi connectivity index (χ0) is 25.0. The number of aliphatic carboxylic acids is 1. The van der Waals surface area contributed by atoms with Crippen LogP contribution in [0, 0.1) is 12.8 Å². The van der Waals surface area contributed by atoms with E-state index in [1.165, 1.54) is 63.1 Å². The van der Waals surface area contributed by atoms with Gasteiger partial charge < -0.3 is 15.7 Å². The molecule has 1 atom stereocenters. The van der Waals surface area contributed by atoms with Gasteiger partial charge in [0, 0.05) is 18.3 Å². The predicted molar refractivity (Wildman–Crippen MR) is 132 cm³/mol. The first kappa shape index (κ1) is 25.3. The van der Waals surface area contributed by atoms with E-state index in [2.05, 4.69) is 20.5 Å². The standard InChI is InChI=1S/C24H33N5O5S/c1-16-11-19(35(33,34)27-13-23(30)31)9-10-20(16)28-24(32)21-12-22(26-15-25-21)29(14-17-7-8-17)18-5-3-2-4-6-18/h9-12,15,17-18,22,27H,2-8,13-14H2,1H3,(H,25,26)(H,28,32)(H,30,31). The Labute approximate surface area is 205 Å². The quantitative estimate of drug-likeness (QED) is 0.384. The molecule has 2 saturated carbocycles. The zero-order valence-corrected chi connectivity index (χ0v) is 20.7. The molecule has 3 aliphatic rings. The summed E-state index contributed by atoms with van der Waals surface area (Å²) in [5.74, 6) is -0.918. The van der Waals surface area contributed by atoms with Crippen molar-refractivity contribution in [1.29, 1.82) is 0 Å². The average molecular weight is 504 g/mol. The van der Waals surface area contributed by atoms with Crippen molar-refractivity contribution in [3.8, 4) is 0 Å². The number of amides is 1. The van der Waals surface area contributed by atoms with Gasteiger partial charge in [0.2, 0.25) is 10.0 Å². The van der Waals surface area contributed by atoms with Crippen LogP contribution in [0.15, 0.2) is 39.9 Å². The molecule has 190 valence electrons. The van der Waals surface area contributed by atoms with Crippen molar-refractivity contribution in [3.05, 3.63) is 35.5 Å². The van der Waals surface area contributed by atoms with Crippen molar-refractivity contribution >= 4 is 33.9 Å². The van der Waals surface area contributed by atoms with Gasteiger partial charge in [0.15, 0.2) is 0 Å². The van der Waals surface area contributed by atoms with E-state index < -0.39 is 22.5 Å². The van der Waals surface area contributed by atoms with Gasteiger partial charge in [-0.2, -0.15) is 4.72 Å². The second-order valence-corrected chi connectivity index (χ2v) is 11.3. The van der Waals surface area contributed by atoms with Crippen molar-refractivity contribution in [3.63, 3.8) is 0 Å². The first-order valence-electron chi connectivity index (χ1n) is 12.1. The lowest BCUT2D eigenvalue weighted by molar-refractivity contribution is -0.135. The van der Waals surface area contributed by atoms with Gasteiger partial charge in [-0.05, 0) is 68.4 Å². The fourth-order valence-electron chi connectivity index (χ4n) is 4.62. The minimum absolute atomic E-state index is 0.0726. The molecule has 1 aliphatic heterocycles.